The molecular weight excluding hydrogens is 406 g/mol. The zero-order valence-electron chi connectivity index (χ0n) is 18.3. The molecule has 0 saturated carbocycles. The molecule has 0 atom stereocenters. The van der Waals surface area contributed by atoms with Gasteiger partial charge in [0, 0.05) is 39.1 Å². The minimum atomic E-state index is 0.296. The van der Waals surface area contributed by atoms with E-state index in [9.17, 15) is 4.79 Å². The molecular formula is C25H31N3O2S. The molecule has 164 valence electrons. The Balaban J connectivity index is 1.14. The van der Waals surface area contributed by atoms with Gasteiger partial charge in [0.15, 0.2) is 0 Å². The first-order valence-electron chi connectivity index (χ1n) is 11.3. The fraction of sp³-hybridized carbons (Fsp3) is 0.440. The van der Waals surface area contributed by atoms with Gasteiger partial charge in [-0.1, -0.05) is 24.3 Å². The van der Waals surface area contributed by atoms with Crippen LogP contribution in [0, 0.1) is 0 Å². The van der Waals surface area contributed by atoms with Gasteiger partial charge >= 0.3 is 0 Å². The van der Waals surface area contributed by atoms with E-state index in [0.717, 1.165) is 63.3 Å². The average Bonchev–Trinajstić information content (AvgIpc) is 3.21. The zero-order valence-corrected chi connectivity index (χ0v) is 19.1. The highest BCUT2D eigenvalue weighted by atomic mass is 32.1. The molecule has 1 aromatic heterocycles. The molecule has 0 radical (unpaired) electrons. The molecule has 0 bridgehead atoms. The van der Waals surface area contributed by atoms with E-state index in [4.69, 9.17) is 4.74 Å². The molecule has 2 heterocycles. The summed E-state index contributed by atoms with van der Waals surface area (Å²) >= 11 is 1.77. The smallest absolute Gasteiger partial charge is 0.222 e. The van der Waals surface area contributed by atoms with Crippen LogP contribution in [0.2, 0.25) is 0 Å². The number of carbonyl (C=O) groups excluding carboxylic acids is 1. The van der Waals surface area contributed by atoms with Crippen molar-refractivity contribution >= 4 is 27.5 Å². The number of aryl methyl sites for hydroxylation is 1. The number of piperazine rings is 1. The maximum Gasteiger partial charge on any atom is 0.222 e. The normalized spacial score (nSPS) is 14.8. The van der Waals surface area contributed by atoms with Gasteiger partial charge in [-0.15, -0.1) is 11.3 Å². The van der Waals surface area contributed by atoms with Gasteiger partial charge < -0.3 is 9.64 Å². The second-order valence-electron chi connectivity index (χ2n) is 8.02. The fourth-order valence-corrected chi connectivity index (χ4v) is 5.02. The summed E-state index contributed by atoms with van der Waals surface area (Å²) in [5, 5.41) is 1.18. The molecule has 2 aromatic carbocycles. The zero-order chi connectivity index (χ0) is 21.5. The summed E-state index contributed by atoms with van der Waals surface area (Å²) in [6, 6.07) is 16.6. The van der Waals surface area contributed by atoms with Crippen LogP contribution >= 0.6 is 11.3 Å². The Kier molecular flexibility index (Phi) is 7.54. The van der Waals surface area contributed by atoms with Gasteiger partial charge in [0.25, 0.3) is 0 Å². The van der Waals surface area contributed by atoms with Gasteiger partial charge in [0.05, 0.1) is 21.8 Å². The molecule has 1 aliphatic heterocycles. The lowest BCUT2D eigenvalue weighted by Gasteiger charge is -2.34. The second kappa shape index (κ2) is 10.7. The molecule has 0 spiro atoms. The summed E-state index contributed by atoms with van der Waals surface area (Å²) < 4.78 is 6.76. The van der Waals surface area contributed by atoms with Crippen LogP contribution in [0.25, 0.3) is 10.2 Å². The highest BCUT2D eigenvalue weighted by molar-refractivity contribution is 7.18. The van der Waals surface area contributed by atoms with Crippen LogP contribution in [0.1, 0.15) is 36.8 Å². The Morgan fingerprint density at radius 3 is 2.55 bits per heavy atom. The van der Waals surface area contributed by atoms with Crippen LogP contribution in [0.5, 0.6) is 5.75 Å². The predicted octanol–water partition coefficient (Wildman–Crippen LogP) is 4.75. The van der Waals surface area contributed by atoms with E-state index in [0.29, 0.717) is 18.9 Å². The number of fused-ring (bicyclic) bond motifs is 1. The number of amides is 1. The van der Waals surface area contributed by atoms with Crippen LogP contribution in [-0.4, -0.2) is 53.5 Å². The number of ether oxygens (including phenoxy) is 1. The first kappa shape index (κ1) is 21.8. The monoisotopic (exact) mass is 437 g/mol. The quantitative estimate of drug-likeness (QED) is 0.453. The van der Waals surface area contributed by atoms with E-state index < -0.39 is 0 Å². The summed E-state index contributed by atoms with van der Waals surface area (Å²) in [4.78, 5) is 21.7. The number of nitrogens with zero attached hydrogens (tertiary/aromatic N) is 3. The number of hydrogen-bond acceptors (Lipinski definition) is 5. The Morgan fingerprint density at radius 1 is 1.03 bits per heavy atom. The molecule has 1 aliphatic rings. The van der Waals surface area contributed by atoms with Crippen molar-refractivity contribution in [1.82, 2.24) is 14.8 Å². The van der Waals surface area contributed by atoms with Crippen molar-refractivity contribution in [1.29, 1.82) is 0 Å². The van der Waals surface area contributed by atoms with Crippen molar-refractivity contribution in [3.63, 3.8) is 0 Å². The molecule has 1 amide bonds. The molecule has 1 fully saturated rings. The average molecular weight is 438 g/mol. The van der Waals surface area contributed by atoms with Crippen molar-refractivity contribution in [2.45, 2.75) is 39.2 Å². The van der Waals surface area contributed by atoms with Crippen LogP contribution in [0.4, 0.5) is 0 Å². The highest BCUT2D eigenvalue weighted by Crippen LogP contribution is 2.23. The number of rotatable bonds is 9. The summed E-state index contributed by atoms with van der Waals surface area (Å²) in [6.07, 6.45) is 3.55. The Hall–Kier alpha value is -2.44. The summed E-state index contributed by atoms with van der Waals surface area (Å²) in [7, 11) is 0. The van der Waals surface area contributed by atoms with E-state index >= 15 is 0 Å². The van der Waals surface area contributed by atoms with Gasteiger partial charge in [-0.25, -0.2) is 4.98 Å². The third-order valence-corrected chi connectivity index (χ3v) is 6.83. The molecule has 4 rings (SSSR count). The number of thiazole rings is 1. The van der Waals surface area contributed by atoms with Crippen molar-refractivity contribution in [3.05, 3.63) is 59.1 Å². The Labute approximate surface area is 188 Å². The molecule has 1 saturated heterocycles. The van der Waals surface area contributed by atoms with Crippen molar-refractivity contribution in [2.75, 3.05) is 32.8 Å². The van der Waals surface area contributed by atoms with Crippen molar-refractivity contribution < 1.29 is 9.53 Å². The molecule has 6 heteroatoms. The summed E-state index contributed by atoms with van der Waals surface area (Å²) in [5.41, 5.74) is 2.37. The fourth-order valence-electron chi connectivity index (χ4n) is 4.01. The number of aromatic nitrogens is 1. The van der Waals surface area contributed by atoms with Crippen LogP contribution in [-0.2, 0) is 17.8 Å². The molecule has 0 aliphatic carbocycles. The Morgan fingerprint density at radius 2 is 1.81 bits per heavy atom. The van der Waals surface area contributed by atoms with E-state index in [1.807, 2.05) is 30.0 Å². The number of benzene rings is 2. The third kappa shape index (κ3) is 6.05. The largest absolute Gasteiger partial charge is 0.494 e. The SMILES string of the molecule is CCOc1ccc(CN2CCN(C(=O)CCCCc3nc4ccccc4s3)CC2)cc1. The summed E-state index contributed by atoms with van der Waals surface area (Å²) in [6.45, 7) is 7.14. The minimum Gasteiger partial charge on any atom is -0.494 e. The van der Waals surface area contributed by atoms with Gasteiger partial charge in [-0.05, 0) is 56.0 Å². The maximum atomic E-state index is 12.6. The standard InChI is InChI=1S/C25H31N3O2S/c1-2-30-21-13-11-20(12-14-21)19-27-15-17-28(18-16-27)25(29)10-6-5-9-24-26-22-7-3-4-8-23(22)31-24/h3-4,7-8,11-14H,2,5-6,9-10,15-19H2,1H3. The van der Waals surface area contributed by atoms with E-state index in [2.05, 4.69) is 40.2 Å². The van der Waals surface area contributed by atoms with Crippen LogP contribution in [0.15, 0.2) is 48.5 Å². The number of carbonyl (C=O) groups is 1. The topological polar surface area (TPSA) is 45.7 Å². The number of unbranched alkanes of at least 4 members (excludes halogenated alkanes) is 1. The highest BCUT2D eigenvalue weighted by Gasteiger charge is 2.20. The lowest BCUT2D eigenvalue weighted by atomic mass is 10.1. The van der Waals surface area contributed by atoms with Gasteiger partial charge in [0.1, 0.15) is 5.75 Å². The number of para-hydroxylation sites is 1. The molecule has 0 unspecified atom stereocenters. The van der Waals surface area contributed by atoms with Gasteiger partial charge in [-0.3, -0.25) is 9.69 Å². The van der Waals surface area contributed by atoms with E-state index in [1.165, 1.54) is 15.3 Å². The lowest BCUT2D eigenvalue weighted by Crippen LogP contribution is -2.48. The van der Waals surface area contributed by atoms with Crippen LogP contribution in [0.3, 0.4) is 0 Å². The Bertz CT molecular complexity index is 945. The molecule has 31 heavy (non-hydrogen) atoms. The van der Waals surface area contributed by atoms with Gasteiger partial charge in [-0.2, -0.15) is 0 Å². The number of hydrogen-bond donors (Lipinski definition) is 0. The molecule has 5 nitrogen and oxygen atoms in total. The molecule has 3 aromatic rings. The summed E-state index contributed by atoms with van der Waals surface area (Å²) in [5.74, 6) is 1.22. The minimum absolute atomic E-state index is 0.296. The van der Waals surface area contributed by atoms with Crippen LogP contribution < -0.4 is 4.74 Å². The first-order valence-corrected chi connectivity index (χ1v) is 12.1. The first-order chi connectivity index (χ1) is 15.2. The maximum absolute atomic E-state index is 12.6. The van der Waals surface area contributed by atoms with Crippen molar-refractivity contribution in [2.24, 2.45) is 0 Å². The van der Waals surface area contributed by atoms with Gasteiger partial charge in [0.2, 0.25) is 5.91 Å². The van der Waals surface area contributed by atoms with Crippen molar-refractivity contribution in [3.8, 4) is 5.75 Å². The second-order valence-corrected chi connectivity index (χ2v) is 9.13. The predicted molar refractivity (Wildman–Crippen MR) is 127 cm³/mol. The van der Waals surface area contributed by atoms with E-state index in [-0.39, 0.29) is 0 Å². The lowest BCUT2D eigenvalue weighted by molar-refractivity contribution is -0.133. The van der Waals surface area contributed by atoms with E-state index in [1.54, 1.807) is 11.3 Å². The third-order valence-electron chi connectivity index (χ3n) is 5.73. The molecule has 0 N–H and O–H groups in total.